The summed E-state index contributed by atoms with van der Waals surface area (Å²) in [4.78, 5) is 0. The molecule has 2 rings (SSSR count). The molecule has 0 N–H and O–H groups in total. The molecule has 0 aliphatic carbocycles. The summed E-state index contributed by atoms with van der Waals surface area (Å²) in [7, 11) is 0. The Labute approximate surface area is 140 Å². The van der Waals surface area contributed by atoms with Crippen LogP contribution >= 0.6 is 35.0 Å². The molecule has 0 amide bonds. The maximum atomic E-state index is 5.94. The number of benzene rings is 2. The van der Waals surface area contributed by atoms with Crippen LogP contribution in [0.15, 0.2) is 73.8 Å². The zero-order chi connectivity index (χ0) is 15.2. The second-order valence-electron chi connectivity index (χ2n) is 4.55. The van der Waals surface area contributed by atoms with Crippen molar-refractivity contribution >= 4 is 35.0 Å². The molecule has 0 spiro atoms. The molecular weight excluding hydrogens is 319 g/mol. The van der Waals surface area contributed by atoms with Crippen molar-refractivity contribution in [1.29, 1.82) is 0 Å². The Morgan fingerprint density at radius 1 is 0.714 bits per heavy atom. The monoisotopic (exact) mass is 334 g/mol. The molecule has 0 saturated carbocycles. The van der Waals surface area contributed by atoms with Crippen molar-refractivity contribution in [3.8, 4) is 0 Å². The molecule has 21 heavy (non-hydrogen) atoms. The van der Waals surface area contributed by atoms with Gasteiger partial charge in [-0.05, 0) is 35.4 Å². The zero-order valence-electron chi connectivity index (χ0n) is 11.5. The van der Waals surface area contributed by atoms with E-state index in [1.807, 2.05) is 60.7 Å². The summed E-state index contributed by atoms with van der Waals surface area (Å²) in [5.41, 5.74) is 2.36. The first-order valence-corrected chi connectivity index (χ1v) is 8.25. The fraction of sp³-hybridized carbons (Fsp3) is 0.111. The Morgan fingerprint density at radius 3 is 1.33 bits per heavy atom. The van der Waals surface area contributed by atoms with E-state index in [4.69, 9.17) is 23.2 Å². The molecule has 0 radical (unpaired) electrons. The highest BCUT2D eigenvalue weighted by Gasteiger charge is 2.15. The van der Waals surface area contributed by atoms with Gasteiger partial charge in [-0.1, -0.05) is 59.6 Å². The first-order chi connectivity index (χ1) is 10.1. The topological polar surface area (TPSA) is 0 Å². The smallest absolute Gasteiger partial charge is 0.0483 e. The van der Waals surface area contributed by atoms with Gasteiger partial charge >= 0.3 is 0 Å². The molecule has 0 saturated heterocycles. The highest BCUT2D eigenvalue weighted by atomic mass is 35.5. The third-order valence-electron chi connectivity index (χ3n) is 3.12. The standard InChI is InChI=1S/C18H16Cl2S/c1-3-17(13-5-9-15(19)10-6-13)21-18(4-2)14-7-11-16(20)12-8-14/h3-12,17-18H,1-2H2. The fourth-order valence-corrected chi connectivity index (χ4v) is 3.42. The Balaban J connectivity index is 2.19. The van der Waals surface area contributed by atoms with Gasteiger partial charge in [-0.25, -0.2) is 0 Å². The Morgan fingerprint density at radius 2 is 1.05 bits per heavy atom. The average Bonchev–Trinajstić information content (AvgIpc) is 2.51. The Kier molecular flexibility index (Phi) is 5.98. The maximum absolute atomic E-state index is 5.94. The van der Waals surface area contributed by atoms with Gasteiger partial charge in [0.2, 0.25) is 0 Å². The van der Waals surface area contributed by atoms with E-state index in [1.54, 1.807) is 11.8 Å². The number of hydrogen-bond donors (Lipinski definition) is 0. The molecule has 0 aliphatic heterocycles. The van der Waals surface area contributed by atoms with Crippen LogP contribution in [0, 0.1) is 0 Å². The minimum absolute atomic E-state index is 0.181. The lowest BCUT2D eigenvalue weighted by atomic mass is 10.1. The van der Waals surface area contributed by atoms with Crippen LogP contribution in [0.2, 0.25) is 10.0 Å². The summed E-state index contributed by atoms with van der Waals surface area (Å²) in [6, 6.07) is 15.7. The van der Waals surface area contributed by atoms with Crippen molar-refractivity contribution in [3.63, 3.8) is 0 Å². The van der Waals surface area contributed by atoms with Gasteiger partial charge in [-0.3, -0.25) is 0 Å². The average molecular weight is 335 g/mol. The molecule has 0 aliphatic rings. The quantitative estimate of drug-likeness (QED) is 0.518. The molecule has 2 aromatic rings. The van der Waals surface area contributed by atoms with Gasteiger partial charge in [0.05, 0.1) is 0 Å². The first kappa shape index (κ1) is 16.2. The number of rotatable bonds is 6. The van der Waals surface area contributed by atoms with Crippen LogP contribution in [0.5, 0.6) is 0 Å². The van der Waals surface area contributed by atoms with Gasteiger partial charge in [0.15, 0.2) is 0 Å². The Hall–Kier alpha value is -1.15. The van der Waals surface area contributed by atoms with Crippen LogP contribution in [-0.4, -0.2) is 0 Å². The Bertz CT molecular complexity index is 547. The SMILES string of the molecule is C=CC(SC(C=C)c1ccc(Cl)cc1)c1ccc(Cl)cc1. The lowest BCUT2D eigenvalue weighted by Crippen LogP contribution is -1.96. The summed E-state index contributed by atoms with van der Waals surface area (Å²) in [5.74, 6) is 0. The fourth-order valence-electron chi connectivity index (χ4n) is 2.00. The predicted octanol–water partition coefficient (Wildman–Crippen LogP) is 6.88. The van der Waals surface area contributed by atoms with Gasteiger partial charge < -0.3 is 0 Å². The molecule has 2 aromatic carbocycles. The van der Waals surface area contributed by atoms with E-state index >= 15 is 0 Å². The van der Waals surface area contributed by atoms with E-state index in [2.05, 4.69) is 13.2 Å². The van der Waals surface area contributed by atoms with Crippen molar-refractivity contribution < 1.29 is 0 Å². The lowest BCUT2D eigenvalue weighted by Gasteiger charge is -2.19. The van der Waals surface area contributed by atoms with Crippen molar-refractivity contribution in [2.24, 2.45) is 0 Å². The molecule has 0 heterocycles. The van der Waals surface area contributed by atoms with Crippen molar-refractivity contribution in [2.45, 2.75) is 10.5 Å². The van der Waals surface area contributed by atoms with Crippen molar-refractivity contribution in [2.75, 3.05) is 0 Å². The minimum Gasteiger partial charge on any atom is -0.137 e. The van der Waals surface area contributed by atoms with Crippen LogP contribution in [0.3, 0.4) is 0 Å². The molecule has 108 valence electrons. The van der Waals surface area contributed by atoms with Crippen LogP contribution in [0.4, 0.5) is 0 Å². The van der Waals surface area contributed by atoms with E-state index in [9.17, 15) is 0 Å². The highest BCUT2D eigenvalue weighted by Crippen LogP contribution is 2.42. The molecule has 0 fully saturated rings. The molecule has 2 unspecified atom stereocenters. The molecule has 0 aromatic heterocycles. The van der Waals surface area contributed by atoms with E-state index in [1.165, 1.54) is 11.1 Å². The highest BCUT2D eigenvalue weighted by molar-refractivity contribution is 8.00. The van der Waals surface area contributed by atoms with Gasteiger partial charge in [0.25, 0.3) is 0 Å². The molecule has 3 heteroatoms. The number of hydrogen-bond acceptors (Lipinski definition) is 1. The van der Waals surface area contributed by atoms with Gasteiger partial charge in [0.1, 0.15) is 0 Å². The van der Waals surface area contributed by atoms with Crippen LogP contribution in [-0.2, 0) is 0 Å². The summed E-state index contributed by atoms with van der Waals surface area (Å²) in [6.07, 6.45) is 3.89. The van der Waals surface area contributed by atoms with E-state index in [0.717, 1.165) is 10.0 Å². The zero-order valence-corrected chi connectivity index (χ0v) is 13.8. The normalized spacial score (nSPS) is 13.4. The summed E-state index contributed by atoms with van der Waals surface area (Å²) < 4.78 is 0. The van der Waals surface area contributed by atoms with E-state index in [0.29, 0.717) is 0 Å². The second-order valence-corrected chi connectivity index (χ2v) is 6.71. The summed E-state index contributed by atoms with van der Waals surface area (Å²) in [5, 5.41) is 1.84. The van der Waals surface area contributed by atoms with Crippen molar-refractivity contribution in [3.05, 3.63) is 95.0 Å². The van der Waals surface area contributed by atoms with Crippen LogP contribution in [0.1, 0.15) is 21.6 Å². The van der Waals surface area contributed by atoms with E-state index in [-0.39, 0.29) is 10.5 Å². The largest absolute Gasteiger partial charge is 0.137 e. The lowest BCUT2D eigenvalue weighted by molar-refractivity contribution is 1.17. The number of thioether (sulfide) groups is 1. The van der Waals surface area contributed by atoms with Crippen molar-refractivity contribution in [1.82, 2.24) is 0 Å². The van der Waals surface area contributed by atoms with Gasteiger partial charge in [-0.2, -0.15) is 0 Å². The van der Waals surface area contributed by atoms with E-state index < -0.39 is 0 Å². The minimum atomic E-state index is 0.181. The number of halogens is 2. The molecule has 0 bridgehead atoms. The van der Waals surface area contributed by atoms with Gasteiger partial charge in [-0.15, -0.1) is 24.9 Å². The maximum Gasteiger partial charge on any atom is 0.0483 e. The molecule has 0 nitrogen and oxygen atoms in total. The van der Waals surface area contributed by atoms with Crippen LogP contribution < -0.4 is 0 Å². The van der Waals surface area contributed by atoms with Gasteiger partial charge in [0, 0.05) is 20.5 Å². The second kappa shape index (κ2) is 7.74. The van der Waals surface area contributed by atoms with Crippen LogP contribution in [0.25, 0.3) is 0 Å². The molecule has 2 atom stereocenters. The molecular formula is C18H16Cl2S. The first-order valence-electron chi connectivity index (χ1n) is 6.55. The third-order valence-corrected chi connectivity index (χ3v) is 5.14. The summed E-state index contributed by atoms with van der Waals surface area (Å²) >= 11 is 13.7. The summed E-state index contributed by atoms with van der Waals surface area (Å²) in [6.45, 7) is 7.89. The third kappa shape index (κ3) is 4.41. The predicted molar refractivity (Wildman–Crippen MR) is 96.4 cm³/mol.